The van der Waals surface area contributed by atoms with Crippen molar-refractivity contribution in [3.8, 4) is 0 Å². The third kappa shape index (κ3) is 3.47. The quantitative estimate of drug-likeness (QED) is 0.705. The fraction of sp³-hybridized carbons (Fsp3) is 0.500. The molecular weight excluding hydrogens is 222 g/mol. The highest BCUT2D eigenvalue weighted by atomic mass is 16.5. The third-order valence-corrected chi connectivity index (χ3v) is 2.29. The van der Waals surface area contributed by atoms with E-state index in [1.807, 2.05) is 0 Å². The van der Waals surface area contributed by atoms with E-state index >= 15 is 0 Å². The van der Waals surface area contributed by atoms with Crippen LogP contribution >= 0.6 is 0 Å². The van der Waals surface area contributed by atoms with Gasteiger partial charge in [-0.1, -0.05) is 6.92 Å². The Kier molecular flexibility index (Phi) is 4.08. The lowest BCUT2D eigenvalue weighted by Gasteiger charge is -2.21. The molecule has 7 nitrogen and oxygen atoms in total. The Morgan fingerprint density at radius 2 is 2.18 bits per heavy atom. The van der Waals surface area contributed by atoms with E-state index in [9.17, 15) is 4.79 Å². The molecule has 94 valence electrons. The summed E-state index contributed by atoms with van der Waals surface area (Å²) >= 11 is 0. The molecule has 1 aromatic rings. The first-order chi connectivity index (χ1) is 7.93. The van der Waals surface area contributed by atoms with Crippen LogP contribution in [0.15, 0.2) is 6.07 Å². The average Bonchev–Trinajstić information content (AvgIpc) is 2.26. The van der Waals surface area contributed by atoms with Crippen molar-refractivity contribution in [2.75, 3.05) is 37.1 Å². The number of esters is 1. The zero-order valence-corrected chi connectivity index (χ0v) is 10.2. The van der Waals surface area contributed by atoms with Crippen LogP contribution in [0, 0.1) is 5.92 Å². The predicted molar refractivity (Wildman–Crippen MR) is 65.3 cm³/mol. The number of aromatic nitrogens is 2. The molecule has 0 aliphatic heterocycles. The van der Waals surface area contributed by atoms with E-state index in [0.29, 0.717) is 18.2 Å². The smallest absolute Gasteiger partial charge is 0.310 e. The summed E-state index contributed by atoms with van der Waals surface area (Å²) in [5.41, 5.74) is 11.1. The van der Waals surface area contributed by atoms with Crippen LogP contribution in [-0.2, 0) is 9.53 Å². The van der Waals surface area contributed by atoms with Crippen LogP contribution in [0.5, 0.6) is 0 Å². The van der Waals surface area contributed by atoms with E-state index in [-0.39, 0.29) is 17.8 Å². The van der Waals surface area contributed by atoms with Gasteiger partial charge in [-0.05, 0) is 0 Å². The summed E-state index contributed by atoms with van der Waals surface area (Å²) in [6, 6.07) is 1.60. The molecule has 0 spiro atoms. The second-order valence-corrected chi connectivity index (χ2v) is 3.81. The number of methoxy groups -OCH3 is 1. The number of nitrogens with two attached hydrogens (primary N) is 2. The van der Waals surface area contributed by atoms with E-state index < -0.39 is 0 Å². The molecule has 17 heavy (non-hydrogen) atoms. The number of nitrogens with zero attached hydrogens (tertiary/aromatic N) is 3. The average molecular weight is 239 g/mol. The zero-order valence-electron chi connectivity index (χ0n) is 10.2. The van der Waals surface area contributed by atoms with Crippen molar-refractivity contribution in [3.63, 3.8) is 0 Å². The molecule has 1 aromatic heterocycles. The summed E-state index contributed by atoms with van der Waals surface area (Å²) < 4.78 is 4.65. The minimum Gasteiger partial charge on any atom is -0.469 e. The van der Waals surface area contributed by atoms with Gasteiger partial charge in [-0.3, -0.25) is 4.79 Å². The van der Waals surface area contributed by atoms with Crippen molar-refractivity contribution in [1.82, 2.24) is 9.97 Å². The Labute approximate surface area is 99.8 Å². The maximum Gasteiger partial charge on any atom is 0.310 e. The van der Waals surface area contributed by atoms with Gasteiger partial charge in [0.25, 0.3) is 0 Å². The maximum atomic E-state index is 11.3. The van der Waals surface area contributed by atoms with E-state index in [4.69, 9.17) is 11.5 Å². The number of carbonyl (C=O) groups excluding carboxylic acids is 1. The fourth-order valence-electron chi connectivity index (χ4n) is 1.45. The van der Waals surface area contributed by atoms with Crippen molar-refractivity contribution in [1.29, 1.82) is 0 Å². The monoisotopic (exact) mass is 239 g/mol. The largest absolute Gasteiger partial charge is 0.469 e. The molecule has 0 aliphatic carbocycles. The topological polar surface area (TPSA) is 107 Å². The molecule has 0 saturated heterocycles. The molecule has 1 rings (SSSR count). The standard InChI is InChI=1S/C10H17N5O2/c1-6(9(16)17-3)5-15(2)8-4-7(11)13-10(12)14-8/h4,6H,5H2,1-3H3,(H4,11,12,13,14). The number of hydrogen-bond acceptors (Lipinski definition) is 7. The van der Waals surface area contributed by atoms with Crippen LogP contribution in [0.2, 0.25) is 0 Å². The lowest BCUT2D eigenvalue weighted by atomic mass is 10.2. The Morgan fingerprint density at radius 1 is 1.53 bits per heavy atom. The molecule has 0 fully saturated rings. The predicted octanol–water partition coefficient (Wildman–Crippen LogP) is -0.114. The van der Waals surface area contributed by atoms with Gasteiger partial charge in [-0.15, -0.1) is 0 Å². The first-order valence-corrected chi connectivity index (χ1v) is 5.13. The molecule has 0 amide bonds. The minimum absolute atomic E-state index is 0.109. The Bertz CT molecular complexity index is 389. The van der Waals surface area contributed by atoms with Gasteiger partial charge in [0.1, 0.15) is 11.6 Å². The van der Waals surface area contributed by atoms with Gasteiger partial charge in [0.2, 0.25) is 5.95 Å². The van der Waals surface area contributed by atoms with Crippen LogP contribution < -0.4 is 16.4 Å². The summed E-state index contributed by atoms with van der Waals surface area (Å²) in [5, 5.41) is 0. The van der Waals surface area contributed by atoms with Crippen molar-refractivity contribution < 1.29 is 9.53 Å². The summed E-state index contributed by atoms with van der Waals surface area (Å²) in [6.07, 6.45) is 0. The van der Waals surface area contributed by atoms with Gasteiger partial charge in [0.05, 0.1) is 13.0 Å². The van der Waals surface area contributed by atoms with Crippen LogP contribution in [0.4, 0.5) is 17.6 Å². The normalized spacial score (nSPS) is 11.9. The second kappa shape index (κ2) is 5.33. The highest BCUT2D eigenvalue weighted by Gasteiger charge is 2.16. The van der Waals surface area contributed by atoms with E-state index in [2.05, 4.69) is 14.7 Å². The summed E-state index contributed by atoms with van der Waals surface area (Å²) in [7, 11) is 3.15. The Hall–Kier alpha value is -2.05. The van der Waals surface area contributed by atoms with Crippen LogP contribution in [-0.4, -0.2) is 36.6 Å². The number of carbonyl (C=O) groups is 1. The number of rotatable bonds is 4. The molecular formula is C10H17N5O2. The van der Waals surface area contributed by atoms with E-state index in [0.717, 1.165) is 0 Å². The van der Waals surface area contributed by atoms with Gasteiger partial charge in [-0.2, -0.15) is 9.97 Å². The van der Waals surface area contributed by atoms with Gasteiger partial charge in [-0.25, -0.2) is 0 Å². The minimum atomic E-state index is -0.271. The molecule has 0 aromatic carbocycles. The highest BCUT2D eigenvalue weighted by Crippen LogP contribution is 2.15. The zero-order chi connectivity index (χ0) is 13.0. The molecule has 7 heteroatoms. The van der Waals surface area contributed by atoms with Gasteiger partial charge >= 0.3 is 5.97 Å². The SMILES string of the molecule is COC(=O)C(C)CN(C)c1cc(N)nc(N)n1. The first kappa shape index (κ1) is 13.0. The van der Waals surface area contributed by atoms with Crippen molar-refractivity contribution in [2.45, 2.75) is 6.92 Å². The third-order valence-electron chi connectivity index (χ3n) is 2.29. The molecule has 0 bridgehead atoms. The van der Waals surface area contributed by atoms with Crippen molar-refractivity contribution in [3.05, 3.63) is 6.07 Å². The van der Waals surface area contributed by atoms with E-state index in [1.54, 1.807) is 24.9 Å². The molecule has 0 radical (unpaired) electrons. The van der Waals surface area contributed by atoms with Gasteiger partial charge in [0, 0.05) is 19.7 Å². The molecule has 1 atom stereocenters. The Balaban J connectivity index is 2.75. The van der Waals surface area contributed by atoms with Crippen LogP contribution in [0.1, 0.15) is 6.92 Å². The number of nitrogen functional groups attached to an aromatic ring is 2. The summed E-state index contributed by atoms with van der Waals surface area (Å²) in [6.45, 7) is 2.23. The number of anilines is 3. The summed E-state index contributed by atoms with van der Waals surface area (Å²) in [4.78, 5) is 20.9. The number of ether oxygens (including phenoxy) is 1. The van der Waals surface area contributed by atoms with Gasteiger partial charge in [0.15, 0.2) is 0 Å². The Morgan fingerprint density at radius 3 is 2.71 bits per heavy atom. The van der Waals surface area contributed by atoms with E-state index in [1.165, 1.54) is 7.11 Å². The van der Waals surface area contributed by atoms with Crippen LogP contribution in [0.25, 0.3) is 0 Å². The molecule has 1 heterocycles. The molecule has 1 unspecified atom stereocenters. The lowest BCUT2D eigenvalue weighted by Crippen LogP contribution is -2.30. The molecule has 0 saturated carbocycles. The molecule has 0 aliphatic rings. The van der Waals surface area contributed by atoms with Gasteiger partial charge < -0.3 is 21.1 Å². The lowest BCUT2D eigenvalue weighted by molar-refractivity contribution is -0.144. The highest BCUT2D eigenvalue weighted by molar-refractivity contribution is 5.72. The molecule has 4 N–H and O–H groups in total. The van der Waals surface area contributed by atoms with Crippen LogP contribution in [0.3, 0.4) is 0 Å². The summed E-state index contributed by atoms with van der Waals surface area (Å²) in [5.74, 6) is 0.447. The second-order valence-electron chi connectivity index (χ2n) is 3.81. The van der Waals surface area contributed by atoms with Crippen molar-refractivity contribution in [2.24, 2.45) is 5.92 Å². The maximum absolute atomic E-state index is 11.3. The first-order valence-electron chi connectivity index (χ1n) is 5.13. The fourth-order valence-corrected chi connectivity index (χ4v) is 1.45. The number of hydrogen-bond donors (Lipinski definition) is 2. The van der Waals surface area contributed by atoms with Crippen molar-refractivity contribution >= 4 is 23.6 Å².